The van der Waals surface area contributed by atoms with Crippen LogP contribution in [0.4, 0.5) is 4.39 Å². The maximum atomic E-state index is 15.5. The Morgan fingerprint density at radius 2 is 1.59 bits per heavy atom. The highest BCUT2D eigenvalue weighted by molar-refractivity contribution is 7.19. The highest BCUT2D eigenvalue weighted by Gasteiger charge is 2.49. The van der Waals surface area contributed by atoms with Crippen molar-refractivity contribution in [1.29, 1.82) is 0 Å². The summed E-state index contributed by atoms with van der Waals surface area (Å²) in [7, 11) is 0. The lowest BCUT2D eigenvalue weighted by molar-refractivity contribution is -0.232. The van der Waals surface area contributed by atoms with Gasteiger partial charge < -0.3 is 23.7 Å². The van der Waals surface area contributed by atoms with E-state index in [0.717, 1.165) is 21.0 Å². The average Bonchev–Trinajstić information content (AvgIpc) is 3.29. The van der Waals surface area contributed by atoms with E-state index in [-0.39, 0.29) is 29.9 Å². The van der Waals surface area contributed by atoms with Crippen LogP contribution in [0.3, 0.4) is 0 Å². The van der Waals surface area contributed by atoms with Gasteiger partial charge in [0.25, 0.3) is 0 Å². The van der Waals surface area contributed by atoms with Crippen molar-refractivity contribution in [2.75, 3.05) is 6.61 Å². The van der Waals surface area contributed by atoms with E-state index >= 15 is 4.39 Å². The summed E-state index contributed by atoms with van der Waals surface area (Å²) in [5.41, 5.74) is 0.493. The first-order valence-electron chi connectivity index (χ1n) is 13.0. The van der Waals surface area contributed by atoms with Gasteiger partial charge in [-0.3, -0.25) is 19.2 Å². The molecule has 1 aliphatic heterocycles. The zero-order chi connectivity index (χ0) is 29.8. The molecule has 0 aliphatic carbocycles. The number of rotatable bonds is 8. The average molecular weight is 587 g/mol. The number of halogens is 1. The van der Waals surface area contributed by atoms with Crippen molar-refractivity contribution in [2.45, 2.75) is 65.5 Å². The summed E-state index contributed by atoms with van der Waals surface area (Å²) < 4.78 is 44.6. The van der Waals surface area contributed by atoms with Crippen molar-refractivity contribution in [2.24, 2.45) is 5.92 Å². The molecule has 0 bridgehead atoms. The van der Waals surface area contributed by atoms with Crippen LogP contribution in [0, 0.1) is 11.7 Å². The molecular weight excluding hydrogens is 555 g/mol. The first kappa shape index (κ1) is 30.1. The van der Waals surface area contributed by atoms with Gasteiger partial charge in [0.05, 0.1) is 6.10 Å². The Hall–Kier alpha value is -3.83. The van der Waals surface area contributed by atoms with E-state index in [1.807, 2.05) is 30.3 Å². The molecular formula is C30H31FO9S. The molecule has 1 aliphatic rings. The molecule has 5 atom stereocenters. The predicted octanol–water partition coefficient (Wildman–Crippen LogP) is 5.06. The zero-order valence-corrected chi connectivity index (χ0v) is 24.1. The van der Waals surface area contributed by atoms with E-state index < -0.39 is 60.0 Å². The summed E-state index contributed by atoms with van der Waals surface area (Å²) in [4.78, 5) is 48.8. The summed E-state index contributed by atoms with van der Waals surface area (Å²) >= 11 is 1.52. The van der Waals surface area contributed by atoms with Crippen molar-refractivity contribution in [3.63, 3.8) is 0 Å². The third-order valence-corrected chi connectivity index (χ3v) is 7.80. The van der Waals surface area contributed by atoms with Crippen LogP contribution in [0.15, 0.2) is 42.5 Å². The number of carbonyl (C=O) groups is 4. The summed E-state index contributed by atoms with van der Waals surface area (Å²) in [6.07, 6.45) is -3.95. The second-order valence-electron chi connectivity index (χ2n) is 9.91. The first-order chi connectivity index (χ1) is 19.4. The van der Waals surface area contributed by atoms with Gasteiger partial charge in [0, 0.05) is 61.2 Å². The minimum absolute atomic E-state index is 0.139. The SMILES string of the molecule is CC(=O)OC[C@H]1O[C@@H](c2cc(Cc3cc4ccccc4s3)c(F)cc2OC(C)=O)[C@H](OC(C)=O)[C@@H](OC(C)=O)[C@@H]1C. The van der Waals surface area contributed by atoms with Crippen LogP contribution in [-0.4, -0.2) is 48.8 Å². The summed E-state index contributed by atoms with van der Waals surface area (Å²) in [5, 5.41) is 1.03. The van der Waals surface area contributed by atoms with Gasteiger partial charge in [0.2, 0.25) is 0 Å². The fourth-order valence-electron chi connectivity index (χ4n) is 4.93. The highest BCUT2D eigenvalue weighted by atomic mass is 32.1. The van der Waals surface area contributed by atoms with Crippen molar-refractivity contribution in [1.82, 2.24) is 0 Å². The molecule has 0 saturated carbocycles. The van der Waals surface area contributed by atoms with E-state index in [1.54, 1.807) is 6.92 Å². The molecule has 41 heavy (non-hydrogen) atoms. The molecule has 0 N–H and O–H groups in total. The van der Waals surface area contributed by atoms with Crippen molar-refractivity contribution in [3.8, 4) is 5.75 Å². The van der Waals surface area contributed by atoms with Crippen molar-refractivity contribution < 1.29 is 47.3 Å². The lowest BCUT2D eigenvalue weighted by Gasteiger charge is -2.44. The monoisotopic (exact) mass is 586 g/mol. The Bertz CT molecular complexity index is 1430. The standard InChI is InChI=1S/C30H31FO9S/c1-15-26(14-36-16(2)32)40-29(30(39-19(5)35)28(15)38-18(4)34)23-12-21(24(31)13-25(23)37-17(3)33)11-22-10-20-8-6-7-9-27(20)41-22/h6-10,12-13,15,26,28-30H,11,14H2,1-5H3/t15-,26-,28+,29+,30-/m1/s1. The Morgan fingerprint density at radius 3 is 2.22 bits per heavy atom. The minimum atomic E-state index is -1.18. The predicted molar refractivity (Wildman–Crippen MR) is 147 cm³/mol. The van der Waals surface area contributed by atoms with Crippen LogP contribution in [0.1, 0.15) is 56.7 Å². The van der Waals surface area contributed by atoms with Crippen LogP contribution >= 0.6 is 11.3 Å². The molecule has 9 nitrogen and oxygen atoms in total. The smallest absolute Gasteiger partial charge is 0.308 e. The molecule has 1 aromatic heterocycles. The lowest BCUT2D eigenvalue weighted by atomic mass is 9.84. The van der Waals surface area contributed by atoms with Crippen molar-refractivity contribution >= 4 is 45.3 Å². The molecule has 0 radical (unpaired) electrons. The normalized spacial score (nSPS) is 22.1. The fourth-order valence-corrected chi connectivity index (χ4v) is 6.02. The maximum absolute atomic E-state index is 15.5. The van der Waals surface area contributed by atoms with Crippen LogP contribution in [-0.2, 0) is 44.5 Å². The van der Waals surface area contributed by atoms with E-state index in [0.29, 0.717) is 0 Å². The Morgan fingerprint density at radius 1 is 0.902 bits per heavy atom. The number of esters is 4. The van der Waals surface area contributed by atoms with Crippen LogP contribution < -0.4 is 4.74 Å². The molecule has 0 amide bonds. The van der Waals surface area contributed by atoms with Crippen LogP contribution in [0.2, 0.25) is 0 Å². The molecule has 11 heteroatoms. The van der Waals surface area contributed by atoms with E-state index in [2.05, 4.69) is 0 Å². The maximum Gasteiger partial charge on any atom is 0.308 e. The third-order valence-electron chi connectivity index (χ3n) is 6.68. The Kier molecular flexibility index (Phi) is 9.39. The third kappa shape index (κ3) is 7.28. The van der Waals surface area contributed by atoms with E-state index in [1.165, 1.54) is 45.1 Å². The highest BCUT2D eigenvalue weighted by Crippen LogP contribution is 2.43. The number of hydrogen-bond donors (Lipinski definition) is 0. The topological polar surface area (TPSA) is 114 Å². The van der Waals surface area contributed by atoms with Gasteiger partial charge in [0.1, 0.15) is 30.4 Å². The van der Waals surface area contributed by atoms with E-state index in [4.69, 9.17) is 23.7 Å². The number of thiophene rings is 1. The molecule has 2 aromatic carbocycles. The molecule has 1 saturated heterocycles. The molecule has 0 unspecified atom stereocenters. The van der Waals surface area contributed by atoms with Gasteiger partial charge >= 0.3 is 23.9 Å². The van der Waals surface area contributed by atoms with Crippen molar-refractivity contribution in [3.05, 3.63) is 64.3 Å². The van der Waals surface area contributed by atoms with Gasteiger partial charge in [0.15, 0.2) is 6.10 Å². The zero-order valence-electron chi connectivity index (χ0n) is 23.3. The number of hydrogen-bond acceptors (Lipinski definition) is 10. The minimum Gasteiger partial charge on any atom is -0.463 e. The lowest BCUT2D eigenvalue weighted by Crippen LogP contribution is -2.54. The molecule has 2 heterocycles. The molecule has 3 aromatic rings. The largest absolute Gasteiger partial charge is 0.463 e. The second kappa shape index (κ2) is 12.8. The van der Waals surface area contributed by atoms with Gasteiger partial charge in [-0.15, -0.1) is 11.3 Å². The number of carbonyl (C=O) groups excluding carboxylic acids is 4. The van der Waals surface area contributed by atoms with Gasteiger partial charge in [-0.1, -0.05) is 25.1 Å². The van der Waals surface area contributed by atoms with E-state index in [9.17, 15) is 19.2 Å². The first-order valence-corrected chi connectivity index (χ1v) is 13.9. The molecule has 4 rings (SSSR count). The quantitative estimate of drug-likeness (QED) is 0.203. The Labute approximate surface area is 240 Å². The number of ether oxygens (including phenoxy) is 5. The summed E-state index contributed by atoms with van der Waals surface area (Å²) in [6, 6.07) is 12.4. The second-order valence-corrected chi connectivity index (χ2v) is 11.1. The number of fused-ring (bicyclic) bond motifs is 1. The van der Waals surface area contributed by atoms with Gasteiger partial charge in [-0.05, 0) is 29.1 Å². The van der Waals surface area contributed by atoms with Crippen LogP contribution in [0.5, 0.6) is 5.75 Å². The molecule has 1 fully saturated rings. The summed E-state index contributed by atoms with van der Waals surface area (Å²) in [5.74, 6) is -3.87. The fraction of sp³-hybridized carbons (Fsp3) is 0.400. The Balaban J connectivity index is 1.82. The number of benzene rings is 2. The molecule has 218 valence electrons. The molecule has 0 spiro atoms. The summed E-state index contributed by atoms with van der Waals surface area (Å²) in [6.45, 7) is 6.35. The van der Waals surface area contributed by atoms with Crippen LogP contribution in [0.25, 0.3) is 10.1 Å². The van der Waals surface area contributed by atoms with Gasteiger partial charge in [-0.2, -0.15) is 0 Å². The van der Waals surface area contributed by atoms with Gasteiger partial charge in [-0.25, -0.2) is 4.39 Å².